The molecule has 2 aromatic heterocycles. The molecule has 4 rings (SSSR count). The smallest absolute Gasteiger partial charge is 0.303 e. The molecule has 2 saturated carbocycles. The first-order valence-corrected chi connectivity index (χ1v) is 6.69. The maximum Gasteiger partial charge on any atom is 0.325 e. The second-order valence-corrected chi connectivity index (χ2v) is 5.84. The van der Waals surface area contributed by atoms with Gasteiger partial charge in [-0.2, -0.15) is 0 Å². The van der Waals surface area contributed by atoms with E-state index in [9.17, 15) is 4.79 Å². The number of aromatic amines is 2. The molecule has 5 heteroatoms. The fourth-order valence-corrected chi connectivity index (χ4v) is 3.21. The minimum Gasteiger partial charge on any atom is -0.303 e. The lowest BCUT2D eigenvalue weighted by Gasteiger charge is -2.27. The van der Waals surface area contributed by atoms with Gasteiger partial charge in [-0.25, -0.2) is 14.8 Å². The number of nitrogens with one attached hydrogen (secondary N) is 2. The summed E-state index contributed by atoms with van der Waals surface area (Å²) in [5.74, 6) is 1.37. The summed E-state index contributed by atoms with van der Waals surface area (Å²) in [5.41, 5.74) is 1.81. The number of hydrogen-bond donors (Lipinski definition) is 2. The fraction of sp³-hybridized carbons (Fsp3) is 0.615. The van der Waals surface area contributed by atoms with E-state index in [-0.39, 0.29) is 5.69 Å². The molecule has 1 spiro atoms. The number of hydrogen-bond acceptors (Lipinski definition) is 3. The van der Waals surface area contributed by atoms with Gasteiger partial charge in [0.05, 0.1) is 6.20 Å². The van der Waals surface area contributed by atoms with Crippen LogP contribution in [-0.2, 0) is 0 Å². The highest BCUT2D eigenvalue weighted by molar-refractivity contribution is 5.68. The second-order valence-electron chi connectivity index (χ2n) is 5.84. The van der Waals surface area contributed by atoms with Crippen molar-refractivity contribution in [1.29, 1.82) is 0 Å². The summed E-state index contributed by atoms with van der Waals surface area (Å²) in [7, 11) is 0. The summed E-state index contributed by atoms with van der Waals surface area (Å²) < 4.78 is 0. The topological polar surface area (TPSA) is 74.4 Å². The van der Waals surface area contributed by atoms with Gasteiger partial charge in [0.1, 0.15) is 11.3 Å². The van der Waals surface area contributed by atoms with Crippen molar-refractivity contribution in [2.24, 2.45) is 5.41 Å². The zero-order valence-corrected chi connectivity index (χ0v) is 10.2. The van der Waals surface area contributed by atoms with Crippen LogP contribution in [0.2, 0.25) is 0 Å². The zero-order chi connectivity index (χ0) is 12.2. The highest BCUT2D eigenvalue weighted by Gasteiger charge is 2.45. The third kappa shape index (κ3) is 1.57. The first-order chi connectivity index (χ1) is 8.74. The Labute approximate surface area is 104 Å². The van der Waals surface area contributed by atoms with Crippen molar-refractivity contribution < 1.29 is 0 Å². The molecule has 2 aliphatic rings. The molecule has 0 unspecified atom stereocenters. The minimum absolute atomic E-state index is 0.211. The van der Waals surface area contributed by atoms with E-state index in [1.165, 1.54) is 38.5 Å². The van der Waals surface area contributed by atoms with E-state index in [2.05, 4.69) is 19.9 Å². The van der Waals surface area contributed by atoms with Gasteiger partial charge >= 0.3 is 5.69 Å². The molecule has 2 N–H and O–H groups in total. The highest BCUT2D eigenvalue weighted by atomic mass is 16.1. The van der Waals surface area contributed by atoms with Crippen LogP contribution in [0.15, 0.2) is 11.0 Å². The summed E-state index contributed by atoms with van der Waals surface area (Å²) in [6.07, 6.45) is 9.60. The van der Waals surface area contributed by atoms with Crippen molar-refractivity contribution in [2.75, 3.05) is 0 Å². The van der Waals surface area contributed by atoms with E-state index in [1.54, 1.807) is 6.20 Å². The maximum atomic E-state index is 11.2. The summed E-state index contributed by atoms with van der Waals surface area (Å²) in [5, 5.41) is 0. The van der Waals surface area contributed by atoms with Gasteiger partial charge in [0.2, 0.25) is 0 Å². The molecule has 0 aliphatic heterocycles. The third-order valence-corrected chi connectivity index (χ3v) is 4.66. The fourth-order valence-electron chi connectivity index (χ4n) is 3.21. The van der Waals surface area contributed by atoms with E-state index in [0.29, 0.717) is 22.5 Å². The van der Waals surface area contributed by atoms with E-state index in [4.69, 9.17) is 0 Å². The van der Waals surface area contributed by atoms with E-state index in [0.717, 1.165) is 5.82 Å². The standard InChI is InChI=1S/C13H16N4O/c18-12-15-9-7-14-10(16-11(9)17-12)8-1-3-13(4-2-8)5-6-13/h7-8H,1-6H2,(H2,14,15,16,17,18). The SMILES string of the molecule is O=c1[nH]c2cnc(C3CCC4(CC3)CC4)nc2[nH]1. The van der Waals surface area contributed by atoms with Gasteiger partial charge in [-0.1, -0.05) is 0 Å². The molecule has 18 heavy (non-hydrogen) atoms. The van der Waals surface area contributed by atoms with Crippen LogP contribution in [0.3, 0.4) is 0 Å². The van der Waals surface area contributed by atoms with Crippen LogP contribution in [0.1, 0.15) is 50.3 Å². The van der Waals surface area contributed by atoms with Crippen molar-refractivity contribution in [3.05, 3.63) is 22.5 Å². The van der Waals surface area contributed by atoms with Crippen molar-refractivity contribution in [1.82, 2.24) is 19.9 Å². The molecule has 2 heterocycles. The number of rotatable bonds is 1. The van der Waals surface area contributed by atoms with Gasteiger partial charge < -0.3 is 4.98 Å². The van der Waals surface area contributed by atoms with Crippen molar-refractivity contribution in [2.45, 2.75) is 44.4 Å². The van der Waals surface area contributed by atoms with Gasteiger partial charge in [-0.3, -0.25) is 4.98 Å². The van der Waals surface area contributed by atoms with E-state index in [1.807, 2.05) is 0 Å². The molecule has 0 atom stereocenters. The van der Waals surface area contributed by atoms with Crippen LogP contribution in [0.25, 0.3) is 11.2 Å². The summed E-state index contributed by atoms with van der Waals surface area (Å²) in [6, 6.07) is 0. The Morgan fingerprint density at radius 3 is 2.67 bits per heavy atom. The first kappa shape index (κ1) is 10.3. The summed E-state index contributed by atoms with van der Waals surface area (Å²) in [4.78, 5) is 25.5. The summed E-state index contributed by atoms with van der Waals surface area (Å²) >= 11 is 0. The lowest BCUT2D eigenvalue weighted by Crippen LogP contribution is -2.15. The largest absolute Gasteiger partial charge is 0.325 e. The monoisotopic (exact) mass is 244 g/mol. The molecule has 94 valence electrons. The van der Waals surface area contributed by atoms with Crippen molar-refractivity contribution in [3.8, 4) is 0 Å². The van der Waals surface area contributed by atoms with Gasteiger partial charge in [-0.15, -0.1) is 0 Å². The van der Waals surface area contributed by atoms with E-state index >= 15 is 0 Å². The Kier molecular flexibility index (Phi) is 1.96. The van der Waals surface area contributed by atoms with Crippen LogP contribution in [-0.4, -0.2) is 19.9 Å². The van der Waals surface area contributed by atoms with Crippen molar-refractivity contribution >= 4 is 11.2 Å². The second kappa shape index (κ2) is 3.43. The Bertz CT molecular complexity index is 642. The lowest BCUT2D eigenvalue weighted by molar-refractivity contribution is 0.300. The number of imidazole rings is 1. The molecular weight excluding hydrogens is 228 g/mol. The normalized spacial score (nSPS) is 22.7. The highest BCUT2D eigenvalue weighted by Crippen LogP contribution is 2.58. The Morgan fingerprint density at radius 2 is 1.94 bits per heavy atom. The Hall–Kier alpha value is -1.65. The van der Waals surface area contributed by atoms with Crippen LogP contribution in [0.5, 0.6) is 0 Å². The number of fused-ring (bicyclic) bond motifs is 1. The average molecular weight is 244 g/mol. The molecule has 5 nitrogen and oxygen atoms in total. The number of aromatic nitrogens is 4. The minimum atomic E-state index is -0.211. The predicted molar refractivity (Wildman–Crippen MR) is 67.4 cm³/mol. The van der Waals surface area contributed by atoms with Gasteiger partial charge in [0.15, 0.2) is 5.65 Å². The predicted octanol–water partition coefficient (Wildman–Crippen LogP) is 2.08. The van der Waals surface area contributed by atoms with Crippen LogP contribution in [0.4, 0.5) is 0 Å². The molecular formula is C13H16N4O. The lowest BCUT2D eigenvalue weighted by atomic mass is 9.79. The Morgan fingerprint density at radius 1 is 1.17 bits per heavy atom. The quantitative estimate of drug-likeness (QED) is 0.806. The average Bonchev–Trinajstić information content (AvgIpc) is 3.01. The van der Waals surface area contributed by atoms with Gasteiger partial charge in [0, 0.05) is 5.92 Å². The van der Waals surface area contributed by atoms with Crippen LogP contribution in [0, 0.1) is 5.41 Å². The Balaban J connectivity index is 1.63. The molecule has 0 bridgehead atoms. The first-order valence-electron chi connectivity index (χ1n) is 6.69. The molecule has 0 radical (unpaired) electrons. The van der Waals surface area contributed by atoms with Gasteiger partial charge in [-0.05, 0) is 43.9 Å². The number of nitrogens with zero attached hydrogens (tertiary/aromatic N) is 2. The molecule has 2 fully saturated rings. The molecule has 0 aromatic carbocycles. The molecule has 2 aliphatic carbocycles. The molecule has 0 amide bonds. The summed E-state index contributed by atoms with van der Waals surface area (Å²) in [6.45, 7) is 0. The maximum absolute atomic E-state index is 11.2. The molecule has 2 aromatic rings. The van der Waals surface area contributed by atoms with Crippen LogP contribution >= 0.6 is 0 Å². The zero-order valence-electron chi connectivity index (χ0n) is 10.2. The van der Waals surface area contributed by atoms with Gasteiger partial charge in [0.25, 0.3) is 0 Å². The van der Waals surface area contributed by atoms with Crippen LogP contribution < -0.4 is 5.69 Å². The van der Waals surface area contributed by atoms with Crippen molar-refractivity contribution in [3.63, 3.8) is 0 Å². The number of H-pyrrole nitrogens is 2. The van der Waals surface area contributed by atoms with E-state index < -0.39 is 0 Å². The third-order valence-electron chi connectivity index (χ3n) is 4.66. The molecule has 0 saturated heterocycles.